The summed E-state index contributed by atoms with van der Waals surface area (Å²) in [6.45, 7) is 8.16. The monoisotopic (exact) mass is 345 g/mol. The number of aliphatic hydroxyl groups excluding tert-OH is 1. The van der Waals surface area contributed by atoms with E-state index in [1.807, 2.05) is 43.3 Å². The van der Waals surface area contributed by atoms with Gasteiger partial charge < -0.3 is 14.4 Å². The Balaban J connectivity index is 1.31. The molecule has 1 saturated heterocycles. The van der Waals surface area contributed by atoms with E-state index in [-0.39, 0.29) is 0 Å². The van der Waals surface area contributed by atoms with Gasteiger partial charge in [-0.05, 0) is 12.5 Å². The van der Waals surface area contributed by atoms with Gasteiger partial charge in [0.2, 0.25) is 0 Å². The van der Waals surface area contributed by atoms with Crippen molar-refractivity contribution in [3.63, 3.8) is 0 Å². The normalized spacial score (nSPS) is 17.7. The highest BCUT2D eigenvalue weighted by atomic mass is 16.5. The summed E-state index contributed by atoms with van der Waals surface area (Å²) in [5, 5.41) is 14.2. The maximum absolute atomic E-state index is 10.2. The molecule has 1 aromatic carbocycles. The number of aryl methyl sites for hydroxylation is 1. The Labute approximate surface area is 149 Å². The first-order valence-electron chi connectivity index (χ1n) is 8.85. The summed E-state index contributed by atoms with van der Waals surface area (Å²) in [5.41, 5.74) is 2.12. The number of hydrogen-bond donors (Lipinski definition) is 1. The quantitative estimate of drug-likeness (QED) is 0.785. The van der Waals surface area contributed by atoms with Crippen molar-refractivity contribution in [1.29, 1.82) is 0 Å². The van der Waals surface area contributed by atoms with Gasteiger partial charge in [0.25, 0.3) is 0 Å². The molecule has 0 unspecified atom stereocenters. The minimum absolute atomic E-state index is 0.368. The first kappa shape index (κ1) is 18.1. The van der Waals surface area contributed by atoms with Crippen LogP contribution in [-0.4, -0.2) is 65.5 Å². The van der Waals surface area contributed by atoms with Gasteiger partial charge in [-0.1, -0.05) is 35.5 Å². The van der Waals surface area contributed by atoms with Crippen LogP contribution < -0.4 is 0 Å². The summed E-state index contributed by atoms with van der Waals surface area (Å²) < 4.78 is 10.7. The summed E-state index contributed by atoms with van der Waals surface area (Å²) in [5.74, 6) is 0.854. The zero-order valence-corrected chi connectivity index (χ0v) is 14.8. The number of nitrogens with zero attached hydrogens (tertiary/aromatic N) is 3. The van der Waals surface area contributed by atoms with E-state index in [4.69, 9.17) is 9.26 Å². The molecule has 1 N–H and O–H groups in total. The number of ether oxygens (including phenoxy) is 1. The van der Waals surface area contributed by atoms with Crippen molar-refractivity contribution < 1.29 is 14.4 Å². The smallest absolute Gasteiger partial charge is 0.133 e. The summed E-state index contributed by atoms with van der Waals surface area (Å²) in [4.78, 5) is 4.66. The van der Waals surface area contributed by atoms with Gasteiger partial charge in [-0.25, -0.2) is 0 Å². The second-order valence-corrected chi connectivity index (χ2v) is 6.66. The molecule has 0 bridgehead atoms. The average Bonchev–Trinajstić information content (AvgIpc) is 3.02. The first-order chi connectivity index (χ1) is 12.2. The number of rotatable bonds is 8. The minimum Gasteiger partial charge on any atom is -0.389 e. The van der Waals surface area contributed by atoms with Crippen molar-refractivity contribution in [2.45, 2.75) is 26.2 Å². The number of β-amino-alcohol motifs (C(OH)–C–C–N with tert-alkyl or cyclic N) is 1. The lowest BCUT2D eigenvalue weighted by Gasteiger charge is -2.35. The maximum Gasteiger partial charge on any atom is 0.133 e. The number of aromatic nitrogens is 1. The van der Waals surface area contributed by atoms with E-state index in [2.05, 4.69) is 15.0 Å². The highest BCUT2D eigenvalue weighted by Crippen LogP contribution is 2.09. The van der Waals surface area contributed by atoms with Crippen LogP contribution in [0.3, 0.4) is 0 Å². The molecule has 1 atom stereocenters. The average molecular weight is 345 g/mol. The minimum atomic E-state index is -0.451. The second kappa shape index (κ2) is 9.10. The third-order valence-corrected chi connectivity index (χ3v) is 4.42. The lowest BCUT2D eigenvalue weighted by Crippen LogP contribution is -2.48. The van der Waals surface area contributed by atoms with Crippen LogP contribution in [0.4, 0.5) is 0 Å². The summed E-state index contributed by atoms with van der Waals surface area (Å²) in [7, 11) is 0. The summed E-state index contributed by atoms with van der Waals surface area (Å²) >= 11 is 0. The van der Waals surface area contributed by atoms with Gasteiger partial charge in [0.15, 0.2) is 0 Å². The Morgan fingerprint density at radius 2 is 1.88 bits per heavy atom. The van der Waals surface area contributed by atoms with E-state index in [9.17, 15) is 5.11 Å². The SMILES string of the molecule is Cc1cc(CN2CCN(C[C@@H](O)COCc3ccccc3)CC2)no1. The van der Waals surface area contributed by atoms with Crippen LogP contribution in [0.15, 0.2) is 40.9 Å². The van der Waals surface area contributed by atoms with E-state index in [0.29, 0.717) is 19.8 Å². The molecule has 6 nitrogen and oxygen atoms in total. The van der Waals surface area contributed by atoms with Gasteiger partial charge >= 0.3 is 0 Å². The van der Waals surface area contributed by atoms with Crippen molar-refractivity contribution >= 4 is 0 Å². The van der Waals surface area contributed by atoms with Crippen molar-refractivity contribution in [3.8, 4) is 0 Å². The Hall–Kier alpha value is -1.73. The van der Waals surface area contributed by atoms with Crippen LogP contribution in [0.5, 0.6) is 0 Å². The number of benzene rings is 1. The molecular weight excluding hydrogens is 318 g/mol. The van der Waals surface area contributed by atoms with Crippen LogP contribution in [0, 0.1) is 6.92 Å². The van der Waals surface area contributed by atoms with Crippen molar-refractivity contribution in [3.05, 3.63) is 53.4 Å². The molecule has 1 aliphatic rings. The van der Waals surface area contributed by atoms with E-state index in [1.54, 1.807) is 0 Å². The Kier molecular flexibility index (Phi) is 6.58. The van der Waals surface area contributed by atoms with Gasteiger partial charge in [-0.15, -0.1) is 0 Å². The molecule has 2 heterocycles. The van der Waals surface area contributed by atoms with Gasteiger partial charge in [-0.3, -0.25) is 9.80 Å². The largest absolute Gasteiger partial charge is 0.389 e. The summed E-state index contributed by atoms with van der Waals surface area (Å²) in [6, 6.07) is 12.0. The fourth-order valence-corrected chi connectivity index (χ4v) is 3.09. The second-order valence-electron chi connectivity index (χ2n) is 6.66. The fourth-order valence-electron chi connectivity index (χ4n) is 3.09. The highest BCUT2D eigenvalue weighted by Gasteiger charge is 2.20. The number of piperazine rings is 1. The van der Waals surface area contributed by atoms with Crippen molar-refractivity contribution in [2.75, 3.05) is 39.3 Å². The van der Waals surface area contributed by atoms with Crippen LogP contribution >= 0.6 is 0 Å². The number of aliphatic hydroxyl groups is 1. The van der Waals surface area contributed by atoms with Gasteiger partial charge in [0.1, 0.15) is 5.76 Å². The van der Waals surface area contributed by atoms with E-state index in [1.165, 1.54) is 0 Å². The predicted molar refractivity (Wildman–Crippen MR) is 95.1 cm³/mol. The van der Waals surface area contributed by atoms with Crippen LogP contribution in [0.2, 0.25) is 0 Å². The van der Waals surface area contributed by atoms with Gasteiger partial charge in [0, 0.05) is 45.3 Å². The van der Waals surface area contributed by atoms with E-state index < -0.39 is 6.10 Å². The molecule has 2 aromatic rings. The lowest BCUT2D eigenvalue weighted by molar-refractivity contribution is 0.000754. The lowest BCUT2D eigenvalue weighted by atomic mass is 10.2. The molecule has 0 saturated carbocycles. The van der Waals surface area contributed by atoms with Crippen LogP contribution in [0.1, 0.15) is 17.0 Å². The maximum atomic E-state index is 10.2. The van der Waals surface area contributed by atoms with Crippen molar-refractivity contribution in [2.24, 2.45) is 0 Å². The molecule has 3 rings (SSSR count). The molecular formula is C19H27N3O3. The topological polar surface area (TPSA) is 62.0 Å². The standard InChI is InChI=1S/C19H27N3O3/c1-16-11-18(20-25-16)12-21-7-9-22(10-8-21)13-19(23)15-24-14-17-5-3-2-4-6-17/h2-6,11,19,23H,7-10,12-15H2,1H3/t19-/m1/s1. The molecule has 1 fully saturated rings. The zero-order valence-electron chi connectivity index (χ0n) is 14.8. The van der Waals surface area contributed by atoms with Crippen molar-refractivity contribution in [1.82, 2.24) is 15.0 Å². The third kappa shape index (κ3) is 5.93. The van der Waals surface area contributed by atoms with Crippen LogP contribution in [0.25, 0.3) is 0 Å². The molecule has 1 aromatic heterocycles. The molecule has 1 aliphatic heterocycles. The Morgan fingerprint density at radius 3 is 2.56 bits per heavy atom. The van der Waals surface area contributed by atoms with Gasteiger partial charge in [0.05, 0.1) is 25.0 Å². The molecule has 25 heavy (non-hydrogen) atoms. The predicted octanol–water partition coefficient (Wildman–Crippen LogP) is 1.68. The summed E-state index contributed by atoms with van der Waals surface area (Å²) in [6.07, 6.45) is -0.451. The molecule has 6 heteroatoms. The van der Waals surface area contributed by atoms with E-state index >= 15 is 0 Å². The van der Waals surface area contributed by atoms with Gasteiger partial charge in [-0.2, -0.15) is 0 Å². The zero-order chi connectivity index (χ0) is 17.5. The molecule has 0 radical (unpaired) electrons. The highest BCUT2D eigenvalue weighted by molar-refractivity contribution is 5.13. The molecule has 136 valence electrons. The molecule has 0 aliphatic carbocycles. The molecule has 0 amide bonds. The molecule has 0 spiro atoms. The fraction of sp³-hybridized carbons (Fsp3) is 0.526. The first-order valence-corrected chi connectivity index (χ1v) is 8.85. The third-order valence-electron chi connectivity index (χ3n) is 4.42. The number of hydrogen-bond acceptors (Lipinski definition) is 6. The van der Waals surface area contributed by atoms with Crippen LogP contribution in [-0.2, 0) is 17.9 Å². The Bertz CT molecular complexity index is 624. The van der Waals surface area contributed by atoms with E-state index in [0.717, 1.165) is 49.7 Å². The Morgan fingerprint density at radius 1 is 1.16 bits per heavy atom.